The van der Waals surface area contributed by atoms with E-state index in [0.717, 1.165) is 5.56 Å². The van der Waals surface area contributed by atoms with E-state index in [1.54, 1.807) is 32.4 Å². The van der Waals surface area contributed by atoms with Gasteiger partial charge < -0.3 is 24.4 Å². The number of nitrogens with one attached hydrogen (secondary N) is 1. The van der Waals surface area contributed by atoms with Gasteiger partial charge in [0.15, 0.2) is 11.5 Å². The molecule has 1 fully saturated rings. The zero-order chi connectivity index (χ0) is 27.1. The molecule has 3 aromatic rings. The lowest BCUT2D eigenvalue weighted by atomic mass is 10.0. The molecule has 2 aromatic carbocycles. The van der Waals surface area contributed by atoms with E-state index in [2.05, 4.69) is 5.32 Å². The van der Waals surface area contributed by atoms with Crippen molar-refractivity contribution in [1.29, 1.82) is 0 Å². The Labute approximate surface area is 218 Å². The molecule has 11 nitrogen and oxygen atoms in total. The van der Waals surface area contributed by atoms with Crippen LogP contribution in [0.5, 0.6) is 11.5 Å². The summed E-state index contributed by atoms with van der Waals surface area (Å²) in [6.07, 6.45) is -0.0790. The molecule has 0 saturated carbocycles. The van der Waals surface area contributed by atoms with Crippen molar-refractivity contribution >= 4 is 34.6 Å². The lowest BCUT2D eigenvalue weighted by molar-refractivity contribution is -0.198. The summed E-state index contributed by atoms with van der Waals surface area (Å²) in [5.74, 6) is -0.996. The van der Waals surface area contributed by atoms with Gasteiger partial charge in [-0.2, -0.15) is 0 Å². The second-order valence-corrected chi connectivity index (χ2v) is 8.31. The van der Waals surface area contributed by atoms with Crippen LogP contribution in [0.25, 0.3) is 22.2 Å². The van der Waals surface area contributed by atoms with E-state index in [1.807, 2.05) is 30.3 Å². The van der Waals surface area contributed by atoms with Crippen LogP contribution in [0.15, 0.2) is 48.5 Å². The Morgan fingerprint density at radius 2 is 1.68 bits per heavy atom. The maximum Gasteiger partial charge on any atom is 0.335 e. The zero-order valence-corrected chi connectivity index (χ0v) is 21.0. The van der Waals surface area contributed by atoms with Gasteiger partial charge in [0, 0.05) is 30.3 Å². The van der Waals surface area contributed by atoms with Crippen LogP contribution >= 0.6 is 0 Å². The minimum absolute atomic E-state index is 0.00651. The topological polar surface area (TPSA) is 133 Å². The second kappa shape index (κ2) is 12.2. The first-order chi connectivity index (χ1) is 18.4. The maximum atomic E-state index is 13.1. The van der Waals surface area contributed by atoms with Crippen LogP contribution in [0.1, 0.15) is 29.6 Å². The molecular weight excluding hydrogens is 494 g/mol. The smallest absolute Gasteiger partial charge is 0.335 e. The summed E-state index contributed by atoms with van der Waals surface area (Å²) in [5, 5.41) is 4.01. The summed E-state index contributed by atoms with van der Waals surface area (Å²) < 4.78 is 16.1. The molecule has 38 heavy (non-hydrogen) atoms. The Balaban J connectivity index is 1.35. The molecule has 1 aliphatic heterocycles. The Hall–Kier alpha value is -4.51. The molecular formula is C27H27N3O8. The molecule has 0 bridgehead atoms. The predicted octanol–water partition coefficient (Wildman–Crippen LogP) is 2.66. The van der Waals surface area contributed by atoms with Gasteiger partial charge in [-0.15, -0.1) is 5.06 Å². The number of hydroxylamine groups is 2. The van der Waals surface area contributed by atoms with E-state index in [4.69, 9.17) is 24.0 Å². The van der Waals surface area contributed by atoms with Crippen LogP contribution < -0.4 is 14.8 Å². The highest BCUT2D eigenvalue weighted by Gasteiger charge is 2.32. The van der Waals surface area contributed by atoms with Crippen LogP contribution in [-0.2, 0) is 24.0 Å². The van der Waals surface area contributed by atoms with Gasteiger partial charge in [0.1, 0.15) is 0 Å². The fourth-order valence-corrected chi connectivity index (χ4v) is 3.90. The number of hydrogen-bond acceptors (Lipinski definition) is 9. The number of ether oxygens (including phenoxy) is 3. The van der Waals surface area contributed by atoms with E-state index >= 15 is 0 Å². The first kappa shape index (κ1) is 26.6. The third kappa shape index (κ3) is 6.06. The molecule has 198 valence electrons. The number of benzene rings is 2. The van der Waals surface area contributed by atoms with Gasteiger partial charge in [-0.05, 0) is 30.3 Å². The van der Waals surface area contributed by atoms with Crippen molar-refractivity contribution in [3.8, 4) is 22.8 Å². The van der Waals surface area contributed by atoms with Gasteiger partial charge in [0.25, 0.3) is 17.7 Å². The lowest BCUT2D eigenvalue weighted by Gasteiger charge is -2.13. The first-order valence-electron chi connectivity index (χ1n) is 12.0. The molecule has 1 saturated heterocycles. The van der Waals surface area contributed by atoms with Crippen molar-refractivity contribution < 1.29 is 38.2 Å². The molecule has 4 rings (SSSR count). The largest absolute Gasteiger partial charge is 0.493 e. The fourth-order valence-electron chi connectivity index (χ4n) is 3.90. The Kier molecular flexibility index (Phi) is 8.49. The van der Waals surface area contributed by atoms with Crippen molar-refractivity contribution in [2.24, 2.45) is 0 Å². The highest BCUT2D eigenvalue weighted by Crippen LogP contribution is 2.33. The van der Waals surface area contributed by atoms with Gasteiger partial charge in [-0.3, -0.25) is 14.4 Å². The Morgan fingerprint density at radius 1 is 0.947 bits per heavy atom. The third-order valence-electron chi connectivity index (χ3n) is 5.82. The summed E-state index contributed by atoms with van der Waals surface area (Å²) in [5.41, 5.74) is 2.47. The number of aromatic nitrogens is 1. The standard InChI is InChI=1S/C27H27N3O8/c1-35-22-8-7-17(15-23(22)36-2)21-16-19(18-5-3-4-6-20(18)29-21)27(34)28-12-14-37-13-11-26(33)38-30-24(31)9-10-25(30)32/h3-8,15-16H,9-14H2,1-2H3,(H,28,34). The summed E-state index contributed by atoms with van der Waals surface area (Å²) in [4.78, 5) is 57.4. The molecule has 1 N–H and O–H groups in total. The molecule has 1 aliphatic rings. The van der Waals surface area contributed by atoms with Crippen LogP contribution in [0.4, 0.5) is 0 Å². The Morgan fingerprint density at radius 3 is 2.42 bits per heavy atom. The third-order valence-corrected chi connectivity index (χ3v) is 5.82. The lowest BCUT2D eigenvalue weighted by Crippen LogP contribution is -2.32. The van der Waals surface area contributed by atoms with Gasteiger partial charge in [0.2, 0.25) is 0 Å². The van der Waals surface area contributed by atoms with Crippen molar-refractivity contribution in [3.63, 3.8) is 0 Å². The summed E-state index contributed by atoms with van der Waals surface area (Å²) in [6, 6.07) is 14.5. The van der Waals surface area contributed by atoms with E-state index in [-0.39, 0.29) is 44.9 Å². The van der Waals surface area contributed by atoms with Crippen molar-refractivity contribution in [1.82, 2.24) is 15.4 Å². The van der Waals surface area contributed by atoms with E-state index in [1.165, 1.54) is 0 Å². The molecule has 0 spiro atoms. The van der Waals surface area contributed by atoms with Gasteiger partial charge in [-0.1, -0.05) is 18.2 Å². The van der Waals surface area contributed by atoms with E-state index in [0.29, 0.717) is 38.7 Å². The number of fused-ring (bicyclic) bond motifs is 1. The predicted molar refractivity (Wildman–Crippen MR) is 135 cm³/mol. The summed E-state index contributed by atoms with van der Waals surface area (Å²) in [7, 11) is 3.11. The van der Waals surface area contributed by atoms with Crippen molar-refractivity contribution in [2.75, 3.05) is 34.0 Å². The molecule has 11 heteroatoms. The van der Waals surface area contributed by atoms with Crippen molar-refractivity contribution in [3.05, 3.63) is 54.1 Å². The average Bonchev–Trinajstić information content (AvgIpc) is 3.25. The molecule has 0 atom stereocenters. The summed E-state index contributed by atoms with van der Waals surface area (Å²) in [6.45, 7) is 0.345. The monoisotopic (exact) mass is 521 g/mol. The van der Waals surface area contributed by atoms with Crippen LogP contribution in [0.2, 0.25) is 0 Å². The van der Waals surface area contributed by atoms with E-state index in [9.17, 15) is 19.2 Å². The van der Waals surface area contributed by atoms with Crippen molar-refractivity contribution in [2.45, 2.75) is 19.3 Å². The number of methoxy groups -OCH3 is 2. The zero-order valence-electron chi connectivity index (χ0n) is 21.0. The first-order valence-corrected chi connectivity index (χ1v) is 12.0. The Bertz CT molecular complexity index is 1360. The molecule has 0 radical (unpaired) electrons. The number of imide groups is 1. The number of amides is 3. The minimum atomic E-state index is -0.747. The average molecular weight is 522 g/mol. The maximum absolute atomic E-state index is 13.1. The van der Waals surface area contributed by atoms with Crippen LogP contribution in [-0.4, -0.2) is 67.7 Å². The second-order valence-electron chi connectivity index (χ2n) is 8.31. The SMILES string of the molecule is COc1ccc(-c2cc(C(=O)NCCOCCC(=O)ON3C(=O)CCC3=O)c3ccccc3n2)cc1OC. The van der Waals surface area contributed by atoms with Crippen LogP contribution in [0.3, 0.4) is 0 Å². The number of para-hydroxylation sites is 1. The number of hydrogen-bond donors (Lipinski definition) is 1. The number of carbonyl (C=O) groups is 4. The van der Waals surface area contributed by atoms with Gasteiger partial charge in [0.05, 0.1) is 50.6 Å². The number of nitrogens with zero attached hydrogens (tertiary/aromatic N) is 2. The highest BCUT2D eigenvalue weighted by atomic mass is 16.7. The van der Waals surface area contributed by atoms with E-state index < -0.39 is 17.8 Å². The number of pyridine rings is 1. The van der Waals surface area contributed by atoms with Crippen LogP contribution in [0, 0.1) is 0 Å². The minimum Gasteiger partial charge on any atom is -0.493 e. The molecule has 0 unspecified atom stereocenters. The number of carbonyl (C=O) groups excluding carboxylic acids is 4. The number of rotatable bonds is 11. The quantitative estimate of drug-likeness (QED) is 0.299. The normalized spacial score (nSPS) is 13.1. The van der Waals surface area contributed by atoms with Gasteiger partial charge in [-0.25, -0.2) is 9.78 Å². The molecule has 0 aliphatic carbocycles. The molecule has 1 aromatic heterocycles. The highest BCUT2D eigenvalue weighted by molar-refractivity contribution is 6.07. The molecule has 3 amide bonds. The summed E-state index contributed by atoms with van der Waals surface area (Å²) >= 11 is 0. The fraction of sp³-hybridized carbons (Fsp3) is 0.296. The molecule has 2 heterocycles. The van der Waals surface area contributed by atoms with Gasteiger partial charge >= 0.3 is 5.97 Å².